The number of carbonyl (C=O) groups is 1. The predicted molar refractivity (Wildman–Crippen MR) is 158 cm³/mol. The minimum Gasteiger partial charge on any atom is -0.493 e. The SMILES string of the molecule is CS(=O)NCC(O)CCOc1ccc([C@H]2c3[nH]c4ccc(Cl)cc4c3CCN2C(=O)Oc2ccc(Cl)cc2)cc1. The topological polar surface area (TPSA) is 104 Å². The van der Waals surface area contributed by atoms with Crippen molar-refractivity contribution in [3.63, 3.8) is 0 Å². The number of aromatic nitrogens is 1. The highest BCUT2D eigenvalue weighted by Crippen LogP contribution is 2.40. The lowest BCUT2D eigenvalue weighted by atomic mass is 9.92. The molecule has 3 atom stereocenters. The third-order valence-corrected chi connectivity index (χ3v) is 7.84. The summed E-state index contributed by atoms with van der Waals surface area (Å²) in [6, 6.07) is 19.5. The summed E-state index contributed by atoms with van der Waals surface area (Å²) in [6.07, 6.45) is 1.42. The summed E-state index contributed by atoms with van der Waals surface area (Å²) in [6.45, 7) is 0.984. The van der Waals surface area contributed by atoms with E-state index in [-0.39, 0.29) is 6.54 Å². The minimum absolute atomic E-state index is 0.229. The molecule has 1 aliphatic heterocycles. The number of halogens is 2. The average molecular weight is 603 g/mol. The van der Waals surface area contributed by atoms with E-state index in [4.69, 9.17) is 32.7 Å². The second-order valence-corrected chi connectivity index (χ2v) is 11.6. The van der Waals surface area contributed by atoms with Gasteiger partial charge in [-0.25, -0.2) is 13.7 Å². The van der Waals surface area contributed by atoms with Crippen molar-refractivity contribution in [2.75, 3.05) is 26.0 Å². The molecule has 0 bridgehead atoms. The lowest BCUT2D eigenvalue weighted by molar-refractivity contribution is 0.135. The smallest absolute Gasteiger partial charge is 0.416 e. The van der Waals surface area contributed by atoms with Gasteiger partial charge in [0.05, 0.1) is 23.7 Å². The van der Waals surface area contributed by atoms with Gasteiger partial charge in [-0.05, 0) is 72.1 Å². The van der Waals surface area contributed by atoms with Crippen LogP contribution >= 0.6 is 23.2 Å². The van der Waals surface area contributed by atoms with Gasteiger partial charge in [0.1, 0.15) is 17.5 Å². The minimum atomic E-state index is -1.18. The second-order valence-electron chi connectivity index (χ2n) is 9.54. The van der Waals surface area contributed by atoms with Crippen molar-refractivity contribution in [2.24, 2.45) is 0 Å². The molecule has 0 aliphatic carbocycles. The van der Waals surface area contributed by atoms with E-state index in [9.17, 15) is 14.1 Å². The summed E-state index contributed by atoms with van der Waals surface area (Å²) in [7, 11) is -1.18. The van der Waals surface area contributed by atoms with Gasteiger partial charge < -0.3 is 19.6 Å². The molecule has 11 heteroatoms. The summed E-state index contributed by atoms with van der Waals surface area (Å²) >= 11 is 12.3. The number of benzene rings is 3. The number of aliphatic hydroxyl groups excluding tert-OH is 1. The van der Waals surface area contributed by atoms with Crippen molar-refractivity contribution >= 4 is 51.2 Å². The van der Waals surface area contributed by atoms with E-state index in [2.05, 4.69) is 9.71 Å². The Morgan fingerprint density at radius 1 is 1.10 bits per heavy atom. The third-order valence-electron chi connectivity index (χ3n) is 6.78. The molecule has 0 saturated carbocycles. The van der Waals surface area contributed by atoms with Gasteiger partial charge >= 0.3 is 6.09 Å². The molecule has 210 valence electrons. The van der Waals surface area contributed by atoms with Crippen molar-refractivity contribution in [3.8, 4) is 11.5 Å². The largest absolute Gasteiger partial charge is 0.493 e. The summed E-state index contributed by atoms with van der Waals surface area (Å²) in [5.74, 6) is 1.05. The summed E-state index contributed by atoms with van der Waals surface area (Å²) in [5, 5.41) is 12.3. The highest BCUT2D eigenvalue weighted by atomic mass is 35.5. The molecule has 40 heavy (non-hydrogen) atoms. The highest BCUT2D eigenvalue weighted by Gasteiger charge is 2.35. The molecule has 4 aromatic rings. The molecule has 0 radical (unpaired) electrons. The van der Waals surface area contributed by atoms with Crippen LogP contribution in [-0.2, 0) is 17.4 Å². The zero-order valence-electron chi connectivity index (χ0n) is 21.7. The fourth-order valence-corrected chi connectivity index (χ4v) is 5.57. The molecule has 2 unspecified atom stereocenters. The van der Waals surface area contributed by atoms with Crippen molar-refractivity contribution in [3.05, 3.63) is 93.6 Å². The number of fused-ring (bicyclic) bond motifs is 3. The van der Waals surface area contributed by atoms with Crippen LogP contribution < -0.4 is 14.2 Å². The first-order chi connectivity index (χ1) is 19.3. The van der Waals surface area contributed by atoms with E-state index in [1.807, 2.05) is 42.5 Å². The second kappa shape index (κ2) is 12.6. The van der Waals surface area contributed by atoms with Crippen molar-refractivity contribution in [1.29, 1.82) is 0 Å². The normalized spacial score (nSPS) is 16.4. The van der Waals surface area contributed by atoms with Crippen molar-refractivity contribution < 1.29 is 23.6 Å². The maximum Gasteiger partial charge on any atom is 0.416 e. The molecule has 3 N–H and O–H groups in total. The van der Waals surface area contributed by atoms with E-state index < -0.39 is 29.2 Å². The number of hydrogen-bond donors (Lipinski definition) is 3. The molecule has 8 nitrogen and oxygen atoms in total. The van der Waals surface area contributed by atoms with Gasteiger partial charge in [-0.2, -0.15) is 0 Å². The average Bonchev–Trinajstić information content (AvgIpc) is 3.31. The maximum atomic E-state index is 13.4. The number of aromatic amines is 1. The molecule has 2 heterocycles. The number of aliphatic hydroxyl groups is 1. The van der Waals surface area contributed by atoms with E-state index in [0.29, 0.717) is 47.5 Å². The van der Waals surface area contributed by atoms with Crippen molar-refractivity contribution in [2.45, 2.75) is 25.0 Å². The number of amides is 1. The zero-order chi connectivity index (χ0) is 28.2. The van der Waals surface area contributed by atoms with Gasteiger partial charge in [0.25, 0.3) is 0 Å². The number of nitrogens with one attached hydrogen (secondary N) is 2. The molecule has 3 aromatic carbocycles. The number of carbonyl (C=O) groups excluding carboxylic acids is 1. The summed E-state index contributed by atoms with van der Waals surface area (Å²) in [4.78, 5) is 18.7. The Balaban J connectivity index is 1.38. The van der Waals surface area contributed by atoms with Crippen LogP contribution in [0.1, 0.15) is 29.3 Å². The van der Waals surface area contributed by atoms with Crippen LogP contribution in [0.2, 0.25) is 10.0 Å². The Kier molecular flexibility index (Phi) is 8.97. The third kappa shape index (κ3) is 6.62. The first kappa shape index (κ1) is 28.4. The molecule has 0 spiro atoms. The van der Waals surface area contributed by atoms with Gasteiger partial charge in [0.15, 0.2) is 0 Å². The van der Waals surface area contributed by atoms with Gasteiger partial charge in [-0.3, -0.25) is 4.90 Å². The first-order valence-electron chi connectivity index (χ1n) is 12.8. The van der Waals surface area contributed by atoms with E-state index in [0.717, 1.165) is 27.7 Å². The van der Waals surface area contributed by atoms with Crippen LogP contribution in [0.25, 0.3) is 10.9 Å². The molecule has 0 fully saturated rings. The Hall–Kier alpha value is -3.08. The Morgan fingerprint density at radius 3 is 2.52 bits per heavy atom. The van der Waals surface area contributed by atoms with Crippen LogP contribution in [0, 0.1) is 0 Å². The monoisotopic (exact) mass is 601 g/mol. The number of rotatable bonds is 9. The number of H-pyrrole nitrogens is 1. The number of hydrogen-bond acceptors (Lipinski definition) is 5. The molecule has 1 amide bonds. The standard InChI is InChI=1S/C29H29Cl2N3O5S/c1-40(37)32-17-21(35)13-15-38-22-7-2-18(3-8-22)28-27-24(25-16-20(31)6-11-26(25)33-27)12-14-34(28)29(36)39-23-9-4-19(30)5-10-23/h2-11,16,21,28,32-33,35H,12-15,17H2,1H3/t21?,28-,40?/m0/s1. The van der Waals surface area contributed by atoms with E-state index in [1.165, 1.54) is 6.26 Å². The molecule has 0 saturated heterocycles. The van der Waals surface area contributed by atoms with Gasteiger partial charge in [-0.15, -0.1) is 0 Å². The van der Waals surface area contributed by atoms with Crippen molar-refractivity contribution in [1.82, 2.24) is 14.6 Å². The molecule has 1 aliphatic rings. The Labute approximate surface area is 244 Å². The number of ether oxygens (including phenoxy) is 2. The van der Waals surface area contributed by atoms with Crippen LogP contribution in [-0.4, -0.2) is 57.3 Å². The fraction of sp³-hybridized carbons (Fsp3) is 0.276. The summed E-state index contributed by atoms with van der Waals surface area (Å²) in [5.41, 5.74) is 3.86. The van der Waals surface area contributed by atoms with Gasteiger partial charge in [0, 0.05) is 52.4 Å². The van der Waals surface area contributed by atoms with Crippen LogP contribution in [0.3, 0.4) is 0 Å². The Morgan fingerprint density at radius 2 is 1.80 bits per heavy atom. The van der Waals surface area contributed by atoms with E-state index in [1.54, 1.807) is 29.2 Å². The number of nitrogens with zero attached hydrogens (tertiary/aromatic N) is 1. The lowest BCUT2D eigenvalue weighted by Gasteiger charge is -2.35. The van der Waals surface area contributed by atoms with Gasteiger partial charge in [-0.1, -0.05) is 35.3 Å². The van der Waals surface area contributed by atoms with Crippen LogP contribution in [0.5, 0.6) is 11.5 Å². The molecular weight excluding hydrogens is 573 g/mol. The maximum absolute atomic E-state index is 13.4. The molecular formula is C29H29Cl2N3O5S. The lowest BCUT2D eigenvalue weighted by Crippen LogP contribution is -2.42. The zero-order valence-corrected chi connectivity index (χ0v) is 24.1. The summed E-state index contributed by atoms with van der Waals surface area (Å²) < 4.78 is 25.4. The van der Waals surface area contributed by atoms with Crippen LogP contribution in [0.15, 0.2) is 66.7 Å². The molecule has 5 rings (SSSR count). The highest BCUT2D eigenvalue weighted by molar-refractivity contribution is 7.82. The molecule has 1 aromatic heterocycles. The predicted octanol–water partition coefficient (Wildman–Crippen LogP) is 5.63. The van der Waals surface area contributed by atoms with Gasteiger partial charge in [0.2, 0.25) is 0 Å². The Bertz CT molecular complexity index is 1510. The quantitative estimate of drug-likeness (QED) is 0.230. The first-order valence-corrected chi connectivity index (χ1v) is 15.1. The van der Waals surface area contributed by atoms with E-state index >= 15 is 0 Å². The fourth-order valence-electron chi connectivity index (χ4n) is 4.84. The van der Waals surface area contributed by atoms with Crippen LogP contribution in [0.4, 0.5) is 4.79 Å².